The second-order valence-electron chi connectivity index (χ2n) is 4.68. The minimum atomic E-state index is -0.504. The minimum Gasteiger partial charge on any atom is -0.310 e. The highest BCUT2D eigenvalue weighted by Gasteiger charge is 2.21. The predicted molar refractivity (Wildman–Crippen MR) is 82.9 cm³/mol. The summed E-state index contributed by atoms with van der Waals surface area (Å²) < 4.78 is 28.5. The van der Waals surface area contributed by atoms with E-state index in [2.05, 4.69) is 40.0 Å². The Kier molecular flexibility index (Phi) is 7.62. The SMILES string of the molecule is CCNC(CCN(CC)CC)c1c(F)ccc(Br)c1F. The molecule has 0 fully saturated rings. The lowest BCUT2D eigenvalue weighted by Crippen LogP contribution is -2.30. The molecule has 0 aliphatic heterocycles. The van der Waals surface area contributed by atoms with Gasteiger partial charge in [-0.05, 0) is 60.7 Å². The number of rotatable bonds is 8. The molecule has 0 bridgehead atoms. The van der Waals surface area contributed by atoms with Crippen LogP contribution in [0.1, 0.15) is 38.8 Å². The molecule has 5 heteroatoms. The molecule has 1 rings (SSSR count). The van der Waals surface area contributed by atoms with Crippen molar-refractivity contribution < 1.29 is 8.78 Å². The predicted octanol–water partition coefficient (Wildman–Crippen LogP) is 4.11. The number of hydrogen-bond donors (Lipinski definition) is 1. The summed E-state index contributed by atoms with van der Waals surface area (Å²) >= 11 is 3.13. The van der Waals surface area contributed by atoms with Gasteiger partial charge in [0.2, 0.25) is 0 Å². The van der Waals surface area contributed by atoms with E-state index in [-0.39, 0.29) is 11.6 Å². The minimum absolute atomic E-state index is 0.133. The number of halogens is 3. The van der Waals surface area contributed by atoms with Crippen molar-refractivity contribution in [3.05, 3.63) is 33.8 Å². The summed E-state index contributed by atoms with van der Waals surface area (Å²) in [4.78, 5) is 2.25. The second-order valence-corrected chi connectivity index (χ2v) is 5.54. The standard InChI is InChI=1S/C15H23BrF2N2/c1-4-19-13(9-10-20(5-2)6-3)14-12(17)8-7-11(16)15(14)18/h7-8,13,19H,4-6,9-10H2,1-3H3. The molecule has 0 amide bonds. The molecule has 0 aliphatic rings. The Balaban J connectivity index is 2.93. The van der Waals surface area contributed by atoms with Gasteiger partial charge in [-0.1, -0.05) is 20.8 Å². The van der Waals surface area contributed by atoms with Crippen molar-refractivity contribution in [2.75, 3.05) is 26.2 Å². The Morgan fingerprint density at radius 1 is 1.20 bits per heavy atom. The van der Waals surface area contributed by atoms with E-state index >= 15 is 0 Å². The van der Waals surface area contributed by atoms with Crippen LogP contribution in [0, 0.1) is 11.6 Å². The van der Waals surface area contributed by atoms with Gasteiger partial charge in [-0.15, -0.1) is 0 Å². The highest BCUT2D eigenvalue weighted by Crippen LogP contribution is 2.28. The molecule has 1 N–H and O–H groups in total. The Bertz CT molecular complexity index is 423. The van der Waals surface area contributed by atoms with E-state index in [0.29, 0.717) is 17.4 Å². The van der Waals surface area contributed by atoms with Gasteiger partial charge >= 0.3 is 0 Å². The summed E-state index contributed by atoms with van der Waals surface area (Å²) in [5, 5.41) is 3.18. The summed E-state index contributed by atoms with van der Waals surface area (Å²) in [6, 6.07) is 2.41. The highest BCUT2D eigenvalue weighted by molar-refractivity contribution is 9.10. The van der Waals surface area contributed by atoms with Crippen LogP contribution in [-0.2, 0) is 0 Å². The van der Waals surface area contributed by atoms with Crippen molar-refractivity contribution in [2.24, 2.45) is 0 Å². The highest BCUT2D eigenvalue weighted by atomic mass is 79.9. The van der Waals surface area contributed by atoms with E-state index < -0.39 is 11.6 Å². The van der Waals surface area contributed by atoms with Crippen LogP contribution in [0.4, 0.5) is 8.78 Å². The molecule has 0 heterocycles. The summed E-state index contributed by atoms with van der Waals surface area (Å²) in [5.41, 5.74) is 0.133. The van der Waals surface area contributed by atoms with E-state index in [1.165, 1.54) is 12.1 Å². The number of nitrogens with zero attached hydrogens (tertiary/aromatic N) is 1. The first-order valence-corrected chi connectivity index (χ1v) is 7.93. The van der Waals surface area contributed by atoms with E-state index in [9.17, 15) is 8.78 Å². The Labute approximate surface area is 128 Å². The van der Waals surface area contributed by atoms with E-state index in [4.69, 9.17) is 0 Å². The zero-order valence-electron chi connectivity index (χ0n) is 12.3. The van der Waals surface area contributed by atoms with E-state index in [1.807, 2.05) is 6.92 Å². The van der Waals surface area contributed by atoms with Crippen LogP contribution in [0.5, 0.6) is 0 Å². The lowest BCUT2D eigenvalue weighted by molar-refractivity contribution is 0.279. The topological polar surface area (TPSA) is 15.3 Å². The Morgan fingerprint density at radius 2 is 1.85 bits per heavy atom. The van der Waals surface area contributed by atoms with Gasteiger partial charge in [0, 0.05) is 11.6 Å². The summed E-state index contributed by atoms with van der Waals surface area (Å²) in [5.74, 6) is -0.994. The quantitative estimate of drug-likeness (QED) is 0.711. The van der Waals surface area contributed by atoms with Crippen molar-refractivity contribution in [3.63, 3.8) is 0 Å². The first-order valence-electron chi connectivity index (χ1n) is 7.14. The molecule has 0 saturated heterocycles. The lowest BCUT2D eigenvalue weighted by atomic mass is 10.0. The van der Waals surface area contributed by atoms with Gasteiger partial charge in [0.25, 0.3) is 0 Å². The third-order valence-corrected chi connectivity index (χ3v) is 4.12. The number of benzene rings is 1. The van der Waals surface area contributed by atoms with Gasteiger partial charge < -0.3 is 10.2 Å². The average molecular weight is 349 g/mol. The molecule has 2 nitrogen and oxygen atoms in total. The summed E-state index contributed by atoms with van der Waals surface area (Å²) in [7, 11) is 0. The summed E-state index contributed by atoms with van der Waals surface area (Å²) in [6.07, 6.45) is 0.680. The molecule has 0 aromatic heterocycles. The molecule has 1 unspecified atom stereocenters. The largest absolute Gasteiger partial charge is 0.310 e. The van der Waals surface area contributed by atoms with Crippen LogP contribution in [0.2, 0.25) is 0 Å². The fourth-order valence-corrected chi connectivity index (χ4v) is 2.65. The molecule has 1 aromatic rings. The fraction of sp³-hybridized carbons (Fsp3) is 0.600. The Morgan fingerprint density at radius 3 is 2.40 bits per heavy atom. The molecule has 1 atom stereocenters. The first-order chi connectivity index (χ1) is 9.54. The van der Waals surface area contributed by atoms with Crippen LogP contribution in [0.15, 0.2) is 16.6 Å². The van der Waals surface area contributed by atoms with Crippen LogP contribution in [0.3, 0.4) is 0 Å². The van der Waals surface area contributed by atoms with Crippen molar-refractivity contribution >= 4 is 15.9 Å². The molecular formula is C15H23BrF2N2. The van der Waals surface area contributed by atoms with Crippen LogP contribution in [-0.4, -0.2) is 31.1 Å². The molecule has 1 aromatic carbocycles. The summed E-state index contributed by atoms with van der Waals surface area (Å²) in [6.45, 7) is 9.50. The van der Waals surface area contributed by atoms with Crippen LogP contribution < -0.4 is 5.32 Å². The maximum atomic E-state index is 14.2. The van der Waals surface area contributed by atoms with Gasteiger partial charge in [0.15, 0.2) is 0 Å². The van der Waals surface area contributed by atoms with Gasteiger partial charge in [-0.2, -0.15) is 0 Å². The maximum Gasteiger partial charge on any atom is 0.145 e. The molecular weight excluding hydrogens is 326 g/mol. The molecule has 114 valence electrons. The number of nitrogens with one attached hydrogen (secondary N) is 1. The molecule has 20 heavy (non-hydrogen) atoms. The van der Waals surface area contributed by atoms with Crippen LogP contribution >= 0.6 is 15.9 Å². The monoisotopic (exact) mass is 348 g/mol. The fourth-order valence-electron chi connectivity index (χ4n) is 2.31. The molecule has 0 spiro atoms. The number of hydrogen-bond acceptors (Lipinski definition) is 2. The van der Waals surface area contributed by atoms with Gasteiger partial charge in [-0.3, -0.25) is 0 Å². The van der Waals surface area contributed by atoms with Crippen LogP contribution in [0.25, 0.3) is 0 Å². The lowest BCUT2D eigenvalue weighted by Gasteiger charge is -2.24. The van der Waals surface area contributed by atoms with Crippen molar-refractivity contribution in [3.8, 4) is 0 Å². The smallest absolute Gasteiger partial charge is 0.145 e. The van der Waals surface area contributed by atoms with Crippen molar-refractivity contribution in [1.29, 1.82) is 0 Å². The second kappa shape index (κ2) is 8.70. The van der Waals surface area contributed by atoms with Gasteiger partial charge in [0.05, 0.1) is 4.47 Å². The molecule has 0 aliphatic carbocycles. The molecule has 0 saturated carbocycles. The molecule has 0 radical (unpaired) electrons. The normalized spacial score (nSPS) is 12.9. The first kappa shape index (κ1) is 17.5. The zero-order valence-corrected chi connectivity index (χ0v) is 13.9. The van der Waals surface area contributed by atoms with Gasteiger partial charge in [-0.25, -0.2) is 8.78 Å². The van der Waals surface area contributed by atoms with Gasteiger partial charge in [0.1, 0.15) is 11.6 Å². The zero-order chi connectivity index (χ0) is 15.1. The van der Waals surface area contributed by atoms with E-state index in [1.54, 1.807) is 0 Å². The maximum absolute atomic E-state index is 14.2. The Hall–Kier alpha value is -0.520. The van der Waals surface area contributed by atoms with E-state index in [0.717, 1.165) is 19.6 Å². The van der Waals surface area contributed by atoms with Crippen molar-refractivity contribution in [1.82, 2.24) is 10.2 Å². The third kappa shape index (κ3) is 4.50. The van der Waals surface area contributed by atoms with Crippen molar-refractivity contribution in [2.45, 2.75) is 33.2 Å². The third-order valence-electron chi connectivity index (χ3n) is 3.51. The average Bonchev–Trinajstić information content (AvgIpc) is 2.44.